The highest BCUT2D eigenvalue weighted by Gasteiger charge is 2.03. The van der Waals surface area contributed by atoms with Crippen LogP contribution in [0.15, 0.2) is 47.0 Å². The van der Waals surface area contributed by atoms with Crippen LogP contribution in [0.25, 0.3) is 11.0 Å². The van der Waals surface area contributed by atoms with E-state index in [9.17, 15) is 0 Å². The number of benzene rings is 1. The van der Waals surface area contributed by atoms with Gasteiger partial charge in [-0.15, -0.1) is 35.3 Å². The standard InChI is InChI=1S/C18H23N5S.HI/c1-14-8-11-24-17(14)12-21-18(19-2)20-9-5-10-23-13-22-15-6-3-4-7-16(15)23;/h3-4,6-8,11,13H,5,9-10,12H2,1-2H3,(H2,19,20,21);1H. The zero-order chi connectivity index (χ0) is 16.8. The molecule has 2 N–H and O–H groups in total. The average Bonchev–Trinajstić information content (AvgIpc) is 3.21. The molecule has 1 aromatic carbocycles. The maximum atomic E-state index is 4.42. The van der Waals surface area contributed by atoms with Crippen molar-refractivity contribution in [1.29, 1.82) is 0 Å². The second-order valence-electron chi connectivity index (χ2n) is 5.66. The van der Waals surface area contributed by atoms with Gasteiger partial charge < -0.3 is 15.2 Å². The number of aryl methyl sites for hydroxylation is 2. The van der Waals surface area contributed by atoms with Gasteiger partial charge in [0.15, 0.2) is 5.96 Å². The number of thiophene rings is 1. The van der Waals surface area contributed by atoms with Crippen molar-refractivity contribution < 1.29 is 0 Å². The van der Waals surface area contributed by atoms with E-state index in [1.54, 1.807) is 18.4 Å². The van der Waals surface area contributed by atoms with Crippen LogP contribution in [0.3, 0.4) is 0 Å². The largest absolute Gasteiger partial charge is 0.356 e. The van der Waals surface area contributed by atoms with Gasteiger partial charge in [-0.2, -0.15) is 0 Å². The van der Waals surface area contributed by atoms with Crippen molar-refractivity contribution in [1.82, 2.24) is 20.2 Å². The van der Waals surface area contributed by atoms with Crippen molar-refractivity contribution in [3.63, 3.8) is 0 Å². The lowest BCUT2D eigenvalue weighted by atomic mass is 10.3. The van der Waals surface area contributed by atoms with E-state index in [-0.39, 0.29) is 24.0 Å². The van der Waals surface area contributed by atoms with E-state index in [1.807, 2.05) is 18.5 Å². The molecule has 0 unspecified atom stereocenters. The molecule has 0 amide bonds. The summed E-state index contributed by atoms with van der Waals surface area (Å²) in [6.45, 7) is 4.76. The van der Waals surface area contributed by atoms with Crippen molar-refractivity contribution in [3.8, 4) is 0 Å². The summed E-state index contributed by atoms with van der Waals surface area (Å²) >= 11 is 1.77. The van der Waals surface area contributed by atoms with Crippen LogP contribution in [0.5, 0.6) is 0 Å². The highest BCUT2D eigenvalue weighted by Crippen LogP contribution is 2.14. The van der Waals surface area contributed by atoms with Crippen LogP contribution in [-0.4, -0.2) is 29.1 Å². The number of aromatic nitrogens is 2. The molecule has 0 aliphatic carbocycles. The fraction of sp³-hybridized carbons (Fsp3) is 0.333. The number of hydrogen-bond acceptors (Lipinski definition) is 3. The lowest BCUT2D eigenvalue weighted by Crippen LogP contribution is -2.37. The van der Waals surface area contributed by atoms with Crippen molar-refractivity contribution in [2.24, 2.45) is 4.99 Å². The molecule has 5 nitrogen and oxygen atoms in total. The van der Waals surface area contributed by atoms with Crippen LogP contribution >= 0.6 is 35.3 Å². The third kappa shape index (κ3) is 5.18. The Labute approximate surface area is 169 Å². The maximum absolute atomic E-state index is 4.42. The molecule has 0 fully saturated rings. The molecule has 0 aliphatic heterocycles. The lowest BCUT2D eigenvalue weighted by Gasteiger charge is -2.12. The number of rotatable bonds is 6. The molecule has 0 spiro atoms. The van der Waals surface area contributed by atoms with Gasteiger partial charge in [0.25, 0.3) is 0 Å². The van der Waals surface area contributed by atoms with E-state index in [0.717, 1.165) is 37.5 Å². The van der Waals surface area contributed by atoms with Gasteiger partial charge in [0.2, 0.25) is 0 Å². The number of nitrogens with zero attached hydrogens (tertiary/aromatic N) is 3. The highest BCUT2D eigenvalue weighted by molar-refractivity contribution is 14.0. The molecule has 134 valence electrons. The zero-order valence-corrected chi connectivity index (χ0v) is 17.7. The van der Waals surface area contributed by atoms with E-state index in [2.05, 4.69) is 55.7 Å². The van der Waals surface area contributed by atoms with Crippen LogP contribution in [-0.2, 0) is 13.1 Å². The predicted molar refractivity (Wildman–Crippen MR) is 117 cm³/mol. The number of nitrogens with one attached hydrogen (secondary N) is 2. The summed E-state index contributed by atoms with van der Waals surface area (Å²) in [5, 5.41) is 8.86. The van der Waals surface area contributed by atoms with Crippen LogP contribution in [0.2, 0.25) is 0 Å². The summed E-state index contributed by atoms with van der Waals surface area (Å²) in [5.74, 6) is 0.846. The molecule has 7 heteroatoms. The molecule has 3 rings (SSSR count). The monoisotopic (exact) mass is 469 g/mol. The highest BCUT2D eigenvalue weighted by atomic mass is 127. The van der Waals surface area contributed by atoms with Crippen LogP contribution in [0.1, 0.15) is 16.9 Å². The Morgan fingerprint density at radius 1 is 1.24 bits per heavy atom. The lowest BCUT2D eigenvalue weighted by molar-refractivity contribution is 0.637. The fourth-order valence-corrected chi connectivity index (χ4v) is 3.46. The fourth-order valence-electron chi connectivity index (χ4n) is 2.61. The first-order chi connectivity index (χ1) is 11.8. The van der Waals surface area contributed by atoms with Gasteiger partial charge >= 0.3 is 0 Å². The summed E-state index contributed by atoms with van der Waals surface area (Å²) in [7, 11) is 1.81. The minimum absolute atomic E-state index is 0. The Hall–Kier alpha value is -1.61. The number of hydrogen-bond donors (Lipinski definition) is 2. The molecule has 0 aliphatic rings. The number of fused-ring (bicyclic) bond motifs is 1. The molecule has 0 saturated carbocycles. The molecule has 2 aromatic heterocycles. The smallest absolute Gasteiger partial charge is 0.191 e. The minimum Gasteiger partial charge on any atom is -0.356 e. The summed E-state index contributed by atoms with van der Waals surface area (Å²) in [4.78, 5) is 10.1. The van der Waals surface area contributed by atoms with E-state index < -0.39 is 0 Å². The molecule has 0 bridgehead atoms. The molecule has 2 heterocycles. The Bertz CT molecular complexity index is 824. The predicted octanol–water partition coefficient (Wildman–Crippen LogP) is 3.78. The first kappa shape index (κ1) is 19.7. The molecule has 25 heavy (non-hydrogen) atoms. The number of guanidine groups is 1. The van der Waals surface area contributed by atoms with Gasteiger partial charge in [-0.3, -0.25) is 4.99 Å². The van der Waals surface area contributed by atoms with E-state index in [4.69, 9.17) is 0 Å². The molecule has 0 radical (unpaired) electrons. The minimum atomic E-state index is 0. The summed E-state index contributed by atoms with van der Waals surface area (Å²) in [6.07, 6.45) is 2.93. The summed E-state index contributed by atoms with van der Waals surface area (Å²) < 4.78 is 2.20. The Morgan fingerprint density at radius 2 is 2.08 bits per heavy atom. The second kappa shape index (κ2) is 9.76. The van der Waals surface area contributed by atoms with Crippen LogP contribution in [0, 0.1) is 6.92 Å². The SMILES string of the molecule is CN=C(NCCCn1cnc2ccccc21)NCc1sccc1C.I. The van der Waals surface area contributed by atoms with E-state index >= 15 is 0 Å². The molecule has 0 saturated heterocycles. The molecule has 0 atom stereocenters. The van der Waals surface area contributed by atoms with Crippen LogP contribution in [0.4, 0.5) is 0 Å². The van der Waals surface area contributed by atoms with Crippen LogP contribution < -0.4 is 10.6 Å². The van der Waals surface area contributed by atoms with Crippen molar-refractivity contribution in [2.45, 2.75) is 26.4 Å². The quantitative estimate of drug-likeness (QED) is 0.250. The Morgan fingerprint density at radius 3 is 2.84 bits per heavy atom. The van der Waals surface area contributed by atoms with Gasteiger partial charge in [0.1, 0.15) is 0 Å². The van der Waals surface area contributed by atoms with E-state index in [1.165, 1.54) is 16.0 Å². The normalized spacial score (nSPS) is 11.4. The van der Waals surface area contributed by atoms with E-state index in [0.29, 0.717) is 0 Å². The topological polar surface area (TPSA) is 54.2 Å². The van der Waals surface area contributed by atoms with Gasteiger partial charge in [0, 0.05) is 25.0 Å². The molecular weight excluding hydrogens is 445 g/mol. The number of imidazole rings is 1. The Kier molecular flexibility index (Phi) is 7.70. The number of aliphatic imine (C=N–C) groups is 1. The first-order valence-electron chi connectivity index (χ1n) is 8.15. The van der Waals surface area contributed by atoms with Crippen molar-refractivity contribution >= 4 is 52.3 Å². The van der Waals surface area contributed by atoms with Gasteiger partial charge in [0.05, 0.1) is 23.9 Å². The zero-order valence-electron chi connectivity index (χ0n) is 14.5. The second-order valence-corrected chi connectivity index (χ2v) is 6.66. The van der Waals surface area contributed by atoms with Gasteiger partial charge in [-0.05, 0) is 42.5 Å². The summed E-state index contributed by atoms with van der Waals surface area (Å²) in [6, 6.07) is 10.4. The molecule has 3 aromatic rings. The first-order valence-corrected chi connectivity index (χ1v) is 9.03. The number of halogens is 1. The molecular formula is C18H24IN5S. The van der Waals surface area contributed by atoms with Gasteiger partial charge in [-0.25, -0.2) is 4.98 Å². The Balaban J connectivity index is 0.00000225. The van der Waals surface area contributed by atoms with Gasteiger partial charge in [-0.1, -0.05) is 12.1 Å². The van der Waals surface area contributed by atoms with Crippen molar-refractivity contribution in [2.75, 3.05) is 13.6 Å². The third-order valence-corrected chi connectivity index (χ3v) is 5.03. The summed E-state index contributed by atoms with van der Waals surface area (Å²) in [5.41, 5.74) is 3.57. The average molecular weight is 469 g/mol. The third-order valence-electron chi connectivity index (χ3n) is 4.00. The maximum Gasteiger partial charge on any atom is 0.191 e. The van der Waals surface area contributed by atoms with Crippen molar-refractivity contribution in [3.05, 3.63) is 52.5 Å². The number of para-hydroxylation sites is 2.